The number of rotatable bonds is 10. The summed E-state index contributed by atoms with van der Waals surface area (Å²) in [5.74, 6) is -4.03. The van der Waals surface area contributed by atoms with Crippen molar-refractivity contribution in [2.75, 3.05) is 6.61 Å². The zero-order chi connectivity index (χ0) is 34.5. The zero-order valence-electron chi connectivity index (χ0n) is 26.5. The van der Waals surface area contributed by atoms with Crippen LogP contribution in [-0.4, -0.2) is 103 Å². The number of fused-ring (bicyclic) bond motifs is 3. The molecule has 5 rings (SSSR count). The molecule has 1 aliphatic heterocycles. The second-order valence-electron chi connectivity index (χ2n) is 12.7. The first-order valence-electron chi connectivity index (χ1n) is 15.5. The largest absolute Gasteiger partial charge is 0.507 e. The summed E-state index contributed by atoms with van der Waals surface area (Å²) in [4.78, 5) is 39.8. The monoisotopic (exact) mass is 659 g/mol. The van der Waals surface area contributed by atoms with Crippen molar-refractivity contribution in [1.29, 1.82) is 0 Å². The zero-order valence-corrected chi connectivity index (χ0v) is 26.5. The van der Waals surface area contributed by atoms with Gasteiger partial charge in [0.25, 0.3) is 0 Å². The summed E-state index contributed by atoms with van der Waals surface area (Å²) in [6, 6.07) is 2.73. The van der Waals surface area contributed by atoms with Gasteiger partial charge in [-0.25, -0.2) is 0 Å². The summed E-state index contributed by atoms with van der Waals surface area (Å²) in [5, 5.41) is 63.1. The molecule has 5 unspecified atom stereocenters. The summed E-state index contributed by atoms with van der Waals surface area (Å²) >= 11 is 0. The molecule has 1 heterocycles. The second kappa shape index (κ2) is 13.2. The van der Waals surface area contributed by atoms with Gasteiger partial charge in [-0.3, -0.25) is 14.4 Å². The number of Topliss-reactive ketones (excluding diaryl/α,β-unsaturated/α-hetero) is 1. The Morgan fingerprint density at radius 1 is 1.11 bits per heavy atom. The first kappa shape index (κ1) is 34.9. The summed E-state index contributed by atoms with van der Waals surface area (Å²) in [6.07, 6.45) is -6.34. The Balaban J connectivity index is 1.46. The molecule has 256 valence electrons. The summed E-state index contributed by atoms with van der Waals surface area (Å²) < 4.78 is 24.2. The van der Waals surface area contributed by atoms with Crippen LogP contribution in [-0.2, 0) is 30.2 Å². The highest BCUT2D eigenvalue weighted by molar-refractivity contribution is 6.31. The minimum atomic E-state index is -1.96. The van der Waals surface area contributed by atoms with Gasteiger partial charge >= 0.3 is 0 Å². The van der Waals surface area contributed by atoms with Gasteiger partial charge in [-0.1, -0.05) is 0 Å². The maximum atomic E-state index is 13.6. The van der Waals surface area contributed by atoms with E-state index in [1.165, 1.54) is 13.0 Å². The van der Waals surface area contributed by atoms with E-state index in [1.807, 2.05) is 0 Å². The molecule has 3 aliphatic rings. The van der Waals surface area contributed by atoms with Gasteiger partial charge in [-0.2, -0.15) is 0 Å². The number of benzene rings is 2. The number of ether oxygens (including phenoxy) is 4. The van der Waals surface area contributed by atoms with E-state index in [2.05, 4.69) is 0 Å². The van der Waals surface area contributed by atoms with Crippen molar-refractivity contribution in [1.82, 2.24) is 0 Å². The lowest BCUT2D eigenvalue weighted by molar-refractivity contribution is -0.285. The molecular formula is C33H41NO13. The Bertz CT molecular complexity index is 1560. The smallest absolute Gasteiger partial charge is 0.202 e. The van der Waals surface area contributed by atoms with Crippen molar-refractivity contribution in [3.05, 3.63) is 51.6 Å². The van der Waals surface area contributed by atoms with E-state index in [4.69, 9.17) is 24.7 Å². The van der Waals surface area contributed by atoms with Crippen molar-refractivity contribution in [2.24, 2.45) is 5.73 Å². The summed E-state index contributed by atoms with van der Waals surface area (Å²) in [7, 11) is 0. The molecule has 8 N–H and O–H groups in total. The third kappa shape index (κ3) is 6.52. The fourth-order valence-corrected chi connectivity index (χ4v) is 6.59. The highest BCUT2D eigenvalue weighted by Crippen LogP contribution is 2.49. The molecule has 2 aliphatic carbocycles. The number of carbonyl (C=O) groups is 3. The topological polar surface area (TPSA) is 236 Å². The molecule has 2 aromatic rings. The molecule has 14 nitrogen and oxygen atoms in total. The van der Waals surface area contributed by atoms with Crippen LogP contribution in [0.1, 0.15) is 96.0 Å². The Morgan fingerprint density at radius 3 is 2.32 bits per heavy atom. The van der Waals surface area contributed by atoms with Crippen LogP contribution >= 0.6 is 0 Å². The number of nitrogens with two attached hydrogens (primary N) is 1. The number of aliphatic hydroxyl groups is 3. The SMILES string of the molecule is CC(=O)C1(O)Cc2cc3c(c(O)c2C(O[C@H]2C[C@H](N)[C@H](OC(CC(C)O)OC(C)CO)[C@H](C)O2)C1)C(=O)c1c(O)ccc(O)c1C3=O. The van der Waals surface area contributed by atoms with E-state index >= 15 is 0 Å². The number of aliphatic hydroxyl groups excluding tert-OH is 2. The minimum Gasteiger partial charge on any atom is -0.507 e. The average Bonchev–Trinajstić information content (AvgIpc) is 2.97. The third-order valence-corrected chi connectivity index (χ3v) is 9.01. The van der Waals surface area contributed by atoms with Crippen LogP contribution in [0.3, 0.4) is 0 Å². The van der Waals surface area contributed by atoms with Crippen LogP contribution in [0.4, 0.5) is 0 Å². The lowest BCUT2D eigenvalue weighted by Crippen LogP contribution is -2.55. The van der Waals surface area contributed by atoms with Gasteiger partial charge in [0.05, 0.1) is 47.7 Å². The summed E-state index contributed by atoms with van der Waals surface area (Å²) in [6.45, 7) is 5.84. The predicted molar refractivity (Wildman–Crippen MR) is 162 cm³/mol. The van der Waals surface area contributed by atoms with Gasteiger partial charge in [-0.15, -0.1) is 0 Å². The maximum Gasteiger partial charge on any atom is 0.202 e. The van der Waals surface area contributed by atoms with E-state index in [9.17, 15) is 45.0 Å². The second-order valence-corrected chi connectivity index (χ2v) is 12.7. The molecule has 0 spiro atoms. The fourth-order valence-electron chi connectivity index (χ4n) is 6.59. The van der Waals surface area contributed by atoms with E-state index in [0.717, 1.165) is 12.1 Å². The normalized spacial score (nSPS) is 29.0. The van der Waals surface area contributed by atoms with Crippen molar-refractivity contribution >= 4 is 17.3 Å². The van der Waals surface area contributed by atoms with Crippen LogP contribution in [0.25, 0.3) is 0 Å². The molecule has 9 atom stereocenters. The maximum absolute atomic E-state index is 13.6. The standard InChI is InChI=1S/C33H41NO13/c1-13(36)7-23(44-14(2)12-35)47-32-15(3)45-24(9-19(32)34)46-22-11-33(43,16(4)37)10-17-8-18-26(30(41)25(17)22)31(42)28-21(39)6-5-20(38)27(28)29(18)40/h5-6,8,13-15,19,22-24,32,35-36,38-39,41,43H,7,9-12,34H2,1-4H3/t13?,14?,15-,19-,22?,23?,24-,32+,33?/m0/s1. The third-order valence-electron chi connectivity index (χ3n) is 9.01. The predicted octanol–water partition coefficient (Wildman–Crippen LogP) is 1.24. The first-order chi connectivity index (χ1) is 22.1. The number of phenols is 3. The van der Waals surface area contributed by atoms with E-state index in [1.54, 1.807) is 20.8 Å². The molecule has 1 fully saturated rings. The van der Waals surface area contributed by atoms with Crippen LogP contribution in [0.15, 0.2) is 18.2 Å². The van der Waals surface area contributed by atoms with E-state index in [-0.39, 0.29) is 49.0 Å². The van der Waals surface area contributed by atoms with Gasteiger partial charge < -0.3 is 55.3 Å². The minimum absolute atomic E-state index is 0.0555. The highest BCUT2D eigenvalue weighted by atomic mass is 16.7. The van der Waals surface area contributed by atoms with Gasteiger partial charge in [0.15, 0.2) is 24.1 Å². The number of aromatic hydroxyl groups is 3. The molecular weight excluding hydrogens is 618 g/mol. The van der Waals surface area contributed by atoms with Crippen LogP contribution in [0.2, 0.25) is 0 Å². The number of carbonyl (C=O) groups excluding carboxylic acids is 3. The molecule has 0 bridgehead atoms. The Kier molecular flexibility index (Phi) is 9.79. The molecule has 47 heavy (non-hydrogen) atoms. The molecule has 0 amide bonds. The van der Waals surface area contributed by atoms with Crippen molar-refractivity contribution in [2.45, 2.75) is 108 Å². The van der Waals surface area contributed by atoms with Crippen molar-refractivity contribution in [3.8, 4) is 17.2 Å². The highest BCUT2D eigenvalue weighted by Gasteiger charge is 2.48. The van der Waals surface area contributed by atoms with Crippen LogP contribution in [0.5, 0.6) is 17.2 Å². The quantitative estimate of drug-likeness (QED) is 0.120. The number of phenolic OH excluding ortho intramolecular Hbond substituents is 3. The molecule has 0 aromatic heterocycles. The van der Waals surface area contributed by atoms with Crippen molar-refractivity contribution < 1.29 is 64.0 Å². The lowest BCUT2D eigenvalue weighted by Gasteiger charge is -2.43. The Labute approximate surface area is 270 Å². The van der Waals surface area contributed by atoms with E-state index < -0.39 is 106 Å². The Morgan fingerprint density at radius 2 is 1.74 bits per heavy atom. The number of ketones is 3. The van der Waals surface area contributed by atoms with Crippen LogP contribution < -0.4 is 5.73 Å². The Hall–Kier alpha value is -3.47. The molecule has 1 saturated heterocycles. The van der Waals surface area contributed by atoms with Gasteiger partial charge in [-0.05, 0) is 51.5 Å². The molecule has 0 radical (unpaired) electrons. The summed E-state index contributed by atoms with van der Waals surface area (Å²) in [5.41, 5.74) is 3.22. The first-order valence-corrected chi connectivity index (χ1v) is 15.5. The average molecular weight is 660 g/mol. The number of hydrogen-bond acceptors (Lipinski definition) is 14. The van der Waals surface area contributed by atoms with E-state index in [0.29, 0.717) is 0 Å². The fraction of sp³-hybridized carbons (Fsp3) is 0.545. The van der Waals surface area contributed by atoms with Gasteiger partial charge in [0, 0.05) is 42.9 Å². The molecule has 0 saturated carbocycles. The van der Waals surface area contributed by atoms with Crippen LogP contribution in [0, 0.1) is 0 Å². The lowest BCUT2D eigenvalue weighted by atomic mass is 9.72. The number of hydrogen-bond donors (Lipinski definition) is 7. The van der Waals surface area contributed by atoms with Gasteiger partial charge in [0.1, 0.15) is 29.0 Å². The molecule has 2 aromatic carbocycles. The molecule has 14 heteroatoms. The van der Waals surface area contributed by atoms with Crippen molar-refractivity contribution in [3.63, 3.8) is 0 Å². The van der Waals surface area contributed by atoms with Gasteiger partial charge in [0.2, 0.25) is 5.78 Å².